The van der Waals surface area contributed by atoms with E-state index in [4.69, 9.17) is 9.47 Å². The highest BCUT2D eigenvalue weighted by atomic mass is 127. The summed E-state index contributed by atoms with van der Waals surface area (Å²) in [6.45, 7) is 0. The van der Waals surface area contributed by atoms with Crippen molar-refractivity contribution in [3.05, 3.63) is 46.0 Å². The van der Waals surface area contributed by atoms with Crippen molar-refractivity contribution in [1.82, 2.24) is 0 Å². The molecule has 2 aromatic carbocycles. The van der Waals surface area contributed by atoms with Gasteiger partial charge in [0.1, 0.15) is 11.5 Å². The fraction of sp³-hybridized carbons (Fsp3) is 0.143. The van der Waals surface area contributed by atoms with Crippen LogP contribution in [-0.2, 0) is 10.0 Å². The van der Waals surface area contributed by atoms with Gasteiger partial charge in [0.2, 0.25) is 0 Å². The number of nitrogens with one attached hydrogen (secondary N) is 1. The molecule has 1 N–H and O–H groups in total. The van der Waals surface area contributed by atoms with Crippen LogP contribution in [0, 0.1) is 3.57 Å². The lowest BCUT2D eigenvalue weighted by atomic mass is 10.3. The number of methoxy groups -OCH3 is 2. The number of hydrogen-bond acceptors (Lipinski definition) is 4. The number of ether oxygens (including phenoxy) is 2. The quantitative estimate of drug-likeness (QED) is 0.757. The number of anilines is 1. The molecule has 0 aliphatic rings. The second-order valence-electron chi connectivity index (χ2n) is 4.13. The van der Waals surface area contributed by atoms with Gasteiger partial charge in [0.15, 0.2) is 0 Å². The van der Waals surface area contributed by atoms with E-state index in [1.54, 1.807) is 42.5 Å². The SMILES string of the molecule is COc1ccc(OC)c(NS(=O)(=O)c2ccc(I)cc2)c1. The maximum Gasteiger partial charge on any atom is 0.262 e. The standard InChI is InChI=1S/C14H14INO4S/c1-19-11-5-8-14(20-2)13(9-11)16-21(17,18)12-6-3-10(15)4-7-12/h3-9,16H,1-2H3. The Morgan fingerprint density at radius 3 is 2.24 bits per heavy atom. The van der Waals surface area contributed by atoms with Crippen LogP contribution >= 0.6 is 22.6 Å². The number of sulfonamides is 1. The van der Waals surface area contributed by atoms with Crippen LogP contribution in [-0.4, -0.2) is 22.6 Å². The number of halogens is 1. The molecule has 0 heterocycles. The van der Waals surface area contributed by atoms with Gasteiger partial charge in [-0.2, -0.15) is 0 Å². The van der Waals surface area contributed by atoms with Gasteiger partial charge in [-0.1, -0.05) is 0 Å². The average molecular weight is 419 g/mol. The predicted octanol–water partition coefficient (Wildman–Crippen LogP) is 3.11. The number of rotatable bonds is 5. The van der Waals surface area contributed by atoms with E-state index in [0.29, 0.717) is 17.2 Å². The van der Waals surface area contributed by atoms with E-state index in [2.05, 4.69) is 27.3 Å². The molecule has 7 heteroatoms. The Hall–Kier alpha value is -1.48. The van der Waals surface area contributed by atoms with Crippen LogP contribution in [0.15, 0.2) is 47.4 Å². The summed E-state index contributed by atoms with van der Waals surface area (Å²) in [6, 6.07) is 11.5. The van der Waals surface area contributed by atoms with Crippen LogP contribution in [0.3, 0.4) is 0 Å². The first kappa shape index (κ1) is 15.9. The molecule has 2 aromatic rings. The summed E-state index contributed by atoms with van der Waals surface area (Å²) in [5.41, 5.74) is 0.329. The zero-order chi connectivity index (χ0) is 15.5. The van der Waals surface area contributed by atoms with Gasteiger partial charge in [-0.25, -0.2) is 8.42 Å². The van der Waals surface area contributed by atoms with Crippen molar-refractivity contribution in [3.8, 4) is 11.5 Å². The monoisotopic (exact) mass is 419 g/mol. The van der Waals surface area contributed by atoms with Gasteiger partial charge in [-0.3, -0.25) is 4.72 Å². The van der Waals surface area contributed by atoms with Crippen LogP contribution in [0.1, 0.15) is 0 Å². The van der Waals surface area contributed by atoms with Crippen LogP contribution in [0.2, 0.25) is 0 Å². The fourth-order valence-electron chi connectivity index (χ4n) is 1.71. The van der Waals surface area contributed by atoms with Crippen molar-refractivity contribution < 1.29 is 17.9 Å². The van der Waals surface area contributed by atoms with Crippen molar-refractivity contribution in [2.45, 2.75) is 4.90 Å². The van der Waals surface area contributed by atoms with E-state index >= 15 is 0 Å². The van der Waals surface area contributed by atoms with Gasteiger partial charge < -0.3 is 9.47 Å². The lowest BCUT2D eigenvalue weighted by molar-refractivity contribution is 0.405. The summed E-state index contributed by atoms with van der Waals surface area (Å²) in [5, 5.41) is 0. The first-order chi connectivity index (χ1) is 9.96. The van der Waals surface area contributed by atoms with E-state index in [1.165, 1.54) is 14.2 Å². The minimum Gasteiger partial charge on any atom is -0.497 e. The molecule has 0 aliphatic carbocycles. The maximum atomic E-state index is 12.4. The Morgan fingerprint density at radius 2 is 1.67 bits per heavy atom. The van der Waals surface area contributed by atoms with E-state index in [9.17, 15) is 8.42 Å². The highest BCUT2D eigenvalue weighted by Crippen LogP contribution is 2.30. The summed E-state index contributed by atoms with van der Waals surface area (Å²) in [6.07, 6.45) is 0. The normalized spacial score (nSPS) is 11.0. The molecule has 0 bridgehead atoms. The van der Waals surface area contributed by atoms with Crippen LogP contribution < -0.4 is 14.2 Å². The Labute approximate surface area is 137 Å². The van der Waals surface area contributed by atoms with E-state index in [1.807, 2.05) is 0 Å². The van der Waals surface area contributed by atoms with Crippen molar-refractivity contribution in [3.63, 3.8) is 0 Å². The third kappa shape index (κ3) is 3.79. The summed E-state index contributed by atoms with van der Waals surface area (Å²) < 4.78 is 38.5. The first-order valence-electron chi connectivity index (χ1n) is 5.96. The largest absolute Gasteiger partial charge is 0.497 e. The molecule has 0 unspecified atom stereocenters. The minimum absolute atomic E-state index is 0.188. The summed E-state index contributed by atoms with van der Waals surface area (Å²) in [7, 11) is -0.687. The predicted molar refractivity (Wildman–Crippen MR) is 89.5 cm³/mol. The highest BCUT2D eigenvalue weighted by molar-refractivity contribution is 14.1. The Balaban J connectivity index is 2.38. The van der Waals surface area contributed by atoms with Gasteiger partial charge >= 0.3 is 0 Å². The zero-order valence-electron chi connectivity index (χ0n) is 11.5. The molecule has 5 nitrogen and oxygen atoms in total. The summed E-state index contributed by atoms with van der Waals surface area (Å²) in [5.74, 6) is 0.959. The van der Waals surface area contributed by atoms with Crippen molar-refractivity contribution >= 4 is 38.3 Å². The molecule has 0 spiro atoms. The molecular formula is C14H14INO4S. The van der Waals surface area contributed by atoms with Crippen LogP contribution in [0.25, 0.3) is 0 Å². The maximum absolute atomic E-state index is 12.4. The topological polar surface area (TPSA) is 64.6 Å². The number of benzene rings is 2. The molecule has 2 rings (SSSR count). The summed E-state index contributed by atoms with van der Waals surface area (Å²) in [4.78, 5) is 0.188. The molecule has 112 valence electrons. The summed E-state index contributed by atoms with van der Waals surface area (Å²) >= 11 is 2.12. The zero-order valence-corrected chi connectivity index (χ0v) is 14.4. The van der Waals surface area contributed by atoms with Crippen LogP contribution in [0.5, 0.6) is 11.5 Å². The van der Waals surface area contributed by atoms with Crippen molar-refractivity contribution in [2.75, 3.05) is 18.9 Å². The fourth-order valence-corrected chi connectivity index (χ4v) is 3.13. The molecule has 21 heavy (non-hydrogen) atoms. The van der Waals surface area contributed by atoms with Gasteiger partial charge in [-0.15, -0.1) is 0 Å². The molecule has 0 amide bonds. The lowest BCUT2D eigenvalue weighted by Gasteiger charge is -2.13. The van der Waals surface area contributed by atoms with Gasteiger partial charge in [-0.05, 0) is 59.0 Å². The molecule has 0 fully saturated rings. The molecular weight excluding hydrogens is 405 g/mol. The molecule has 0 saturated carbocycles. The molecule has 0 aliphatic heterocycles. The van der Waals surface area contributed by atoms with E-state index in [-0.39, 0.29) is 4.90 Å². The Bertz CT molecular complexity index is 729. The first-order valence-corrected chi connectivity index (χ1v) is 8.53. The van der Waals surface area contributed by atoms with E-state index < -0.39 is 10.0 Å². The Kier molecular flexibility index (Phi) is 4.94. The minimum atomic E-state index is -3.68. The molecule has 0 saturated heterocycles. The third-order valence-electron chi connectivity index (χ3n) is 2.77. The third-order valence-corrected chi connectivity index (χ3v) is 4.88. The van der Waals surface area contributed by atoms with Gasteiger partial charge in [0.25, 0.3) is 10.0 Å². The van der Waals surface area contributed by atoms with Gasteiger partial charge in [0.05, 0.1) is 24.8 Å². The van der Waals surface area contributed by atoms with Crippen LogP contribution in [0.4, 0.5) is 5.69 Å². The number of hydrogen-bond donors (Lipinski definition) is 1. The highest BCUT2D eigenvalue weighted by Gasteiger charge is 2.17. The second-order valence-corrected chi connectivity index (χ2v) is 7.05. The molecule has 0 aromatic heterocycles. The van der Waals surface area contributed by atoms with E-state index in [0.717, 1.165) is 3.57 Å². The second kappa shape index (κ2) is 6.52. The molecule has 0 atom stereocenters. The van der Waals surface area contributed by atoms with Crippen molar-refractivity contribution in [2.24, 2.45) is 0 Å². The average Bonchev–Trinajstić information content (AvgIpc) is 2.47. The van der Waals surface area contributed by atoms with Crippen molar-refractivity contribution in [1.29, 1.82) is 0 Å². The Morgan fingerprint density at radius 1 is 1.00 bits per heavy atom. The molecule has 0 radical (unpaired) electrons. The van der Waals surface area contributed by atoms with Gasteiger partial charge in [0, 0.05) is 9.64 Å². The lowest BCUT2D eigenvalue weighted by Crippen LogP contribution is -2.13. The smallest absolute Gasteiger partial charge is 0.262 e.